The van der Waals surface area contributed by atoms with Gasteiger partial charge in [0.1, 0.15) is 11.4 Å². The molecule has 20 heavy (non-hydrogen) atoms. The molecule has 1 aliphatic carbocycles. The van der Waals surface area contributed by atoms with E-state index in [1.807, 2.05) is 34.7 Å². The fourth-order valence-electron chi connectivity index (χ4n) is 2.58. The molecule has 1 aliphatic rings. The lowest BCUT2D eigenvalue weighted by Crippen LogP contribution is -2.39. The lowest BCUT2D eigenvalue weighted by Gasteiger charge is -2.28. The molecule has 0 spiro atoms. The summed E-state index contributed by atoms with van der Waals surface area (Å²) in [4.78, 5) is 18.1. The van der Waals surface area contributed by atoms with E-state index in [4.69, 9.17) is 9.15 Å². The van der Waals surface area contributed by atoms with Gasteiger partial charge < -0.3 is 14.1 Å². The molecule has 1 heterocycles. The second-order valence-corrected chi connectivity index (χ2v) is 6.56. The Morgan fingerprint density at radius 1 is 1.45 bits per heavy atom. The van der Waals surface area contributed by atoms with Gasteiger partial charge >= 0.3 is 6.09 Å². The summed E-state index contributed by atoms with van der Waals surface area (Å²) in [5, 5.41) is 0. The SMILES string of the molecule is Cc1cnc([C@H]2CC[C@@H](N(C)C(=O)OC(C)(C)C)C2)o1. The number of carbonyl (C=O) groups is 1. The highest BCUT2D eigenvalue weighted by Crippen LogP contribution is 2.36. The molecule has 0 aromatic carbocycles. The highest BCUT2D eigenvalue weighted by atomic mass is 16.6. The zero-order chi connectivity index (χ0) is 14.9. The van der Waals surface area contributed by atoms with Crippen LogP contribution in [0.4, 0.5) is 4.79 Å². The number of rotatable bonds is 2. The summed E-state index contributed by atoms with van der Waals surface area (Å²) in [5.74, 6) is 1.94. The number of hydrogen-bond donors (Lipinski definition) is 0. The second kappa shape index (κ2) is 5.46. The average Bonchev–Trinajstić information content (AvgIpc) is 2.93. The van der Waals surface area contributed by atoms with Crippen LogP contribution in [0.5, 0.6) is 0 Å². The predicted molar refractivity (Wildman–Crippen MR) is 75.6 cm³/mol. The molecule has 112 valence electrons. The first-order valence-electron chi connectivity index (χ1n) is 7.14. The number of carbonyl (C=O) groups excluding carboxylic acids is 1. The molecular weight excluding hydrogens is 256 g/mol. The highest BCUT2D eigenvalue weighted by molar-refractivity contribution is 5.68. The van der Waals surface area contributed by atoms with Crippen molar-refractivity contribution in [3.8, 4) is 0 Å². The molecule has 1 aromatic heterocycles. The summed E-state index contributed by atoms with van der Waals surface area (Å²) in [6.45, 7) is 7.54. The number of oxazole rings is 1. The molecule has 5 heteroatoms. The smallest absolute Gasteiger partial charge is 0.410 e. The molecule has 1 aromatic rings. The third kappa shape index (κ3) is 3.52. The maximum absolute atomic E-state index is 12.1. The molecule has 2 rings (SSSR count). The minimum atomic E-state index is -0.455. The topological polar surface area (TPSA) is 55.6 Å². The van der Waals surface area contributed by atoms with Crippen molar-refractivity contribution < 1.29 is 13.9 Å². The number of aryl methyl sites for hydroxylation is 1. The Hall–Kier alpha value is -1.52. The van der Waals surface area contributed by atoms with E-state index in [0.29, 0.717) is 5.92 Å². The van der Waals surface area contributed by atoms with Crippen molar-refractivity contribution in [2.75, 3.05) is 7.05 Å². The maximum atomic E-state index is 12.1. The van der Waals surface area contributed by atoms with E-state index < -0.39 is 5.60 Å². The summed E-state index contributed by atoms with van der Waals surface area (Å²) in [7, 11) is 1.81. The first-order valence-corrected chi connectivity index (χ1v) is 7.14. The van der Waals surface area contributed by atoms with E-state index >= 15 is 0 Å². The molecule has 0 aliphatic heterocycles. The molecule has 5 nitrogen and oxygen atoms in total. The van der Waals surface area contributed by atoms with Crippen LogP contribution in [0.2, 0.25) is 0 Å². The normalized spacial score (nSPS) is 22.9. The molecule has 0 radical (unpaired) electrons. The van der Waals surface area contributed by atoms with Gasteiger partial charge in [-0.25, -0.2) is 9.78 Å². The first kappa shape index (κ1) is 14.9. The fraction of sp³-hybridized carbons (Fsp3) is 0.733. The van der Waals surface area contributed by atoms with Gasteiger partial charge in [0.25, 0.3) is 0 Å². The zero-order valence-electron chi connectivity index (χ0n) is 13.0. The van der Waals surface area contributed by atoms with Gasteiger partial charge in [0.15, 0.2) is 5.89 Å². The molecule has 1 amide bonds. The molecule has 1 saturated carbocycles. The largest absolute Gasteiger partial charge is 0.446 e. The molecule has 2 atom stereocenters. The molecular formula is C15H24N2O3. The predicted octanol–water partition coefficient (Wildman–Crippen LogP) is 3.49. The van der Waals surface area contributed by atoms with Crippen molar-refractivity contribution in [1.29, 1.82) is 0 Å². The molecule has 0 bridgehead atoms. The van der Waals surface area contributed by atoms with Crippen molar-refractivity contribution in [2.45, 2.75) is 64.5 Å². The van der Waals surface area contributed by atoms with Gasteiger partial charge in [-0.05, 0) is 47.0 Å². The Morgan fingerprint density at radius 2 is 2.15 bits per heavy atom. The molecule has 1 fully saturated rings. The number of aromatic nitrogens is 1. The Bertz CT molecular complexity index is 476. The Morgan fingerprint density at radius 3 is 2.70 bits per heavy atom. The van der Waals surface area contributed by atoms with E-state index in [9.17, 15) is 4.79 Å². The second-order valence-electron chi connectivity index (χ2n) is 6.56. The van der Waals surface area contributed by atoms with E-state index in [2.05, 4.69) is 4.98 Å². The molecule has 0 saturated heterocycles. The van der Waals surface area contributed by atoms with E-state index in [1.165, 1.54) is 0 Å². The summed E-state index contributed by atoms with van der Waals surface area (Å²) < 4.78 is 11.0. The van der Waals surface area contributed by atoms with Crippen LogP contribution in [-0.4, -0.2) is 34.7 Å². The minimum Gasteiger partial charge on any atom is -0.446 e. The van der Waals surface area contributed by atoms with Gasteiger partial charge in [0.2, 0.25) is 0 Å². The van der Waals surface area contributed by atoms with Crippen molar-refractivity contribution in [3.05, 3.63) is 17.8 Å². The maximum Gasteiger partial charge on any atom is 0.410 e. The third-order valence-electron chi connectivity index (χ3n) is 3.62. The standard InChI is InChI=1S/C15H24N2O3/c1-10-9-16-13(19-10)11-6-7-12(8-11)17(5)14(18)20-15(2,3)4/h9,11-12H,6-8H2,1-5H3/t11-,12+/m0/s1. The summed E-state index contributed by atoms with van der Waals surface area (Å²) in [6, 6.07) is 0.196. The average molecular weight is 280 g/mol. The number of nitrogens with zero attached hydrogens (tertiary/aromatic N) is 2. The Kier molecular flexibility index (Phi) is 4.06. The lowest BCUT2D eigenvalue weighted by atomic mass is 10.1. The first-order chi connectivity index (χ1) is 9.26. The molecule has 0 N–H and O–H groups in total. The lowest BCUT2D eigenvalue weighted by molar-refractivity contribution is 0.0225. The summed E-state index contributed by atoms with van der Waals surface area (Å²) in [6.07, 6.45) is 4.34. The Labute approximate surface area is 120 Å². The number of ether oxygens (including phenoxy) is 1. The van der Waals surface area contributed by atoms with E-state index in [0.717, 1.165) is 30.9 Å². The third-order valence-corrected chi connectivity index (χ3v) is 3.62. The Balaban J connectivity index is 1.93. The highest BCUT2D eigenvalue weighted by Gasteiger charge is 2.34. The van der Waals surface area contributed by atoms with Crippen LogP contribution in [0.3, 0.4) is 0 Å². The van der Waals surface area contributed by atoms with Gasteiger partial charge in [-0.3, -0.25) is 0 Å². The zero-order valence-corrected chi connectivity index (χ0v) is 13.0. The van der Waals surface area contributed by atoms with E-state index in [1.54, 1.807) is 11.1 Å². The van der Waals surface area contributed by atoms with Gasteiger partial charge in [0, 0.05) is 19.0 Å². The fourth-order valence-corrected chi connectivity index (χ4v) is 2.58. The minimum absolute atomic E-state index is 0.196. The van der Waals surface area contributed by atoms with Crippen LogP contribution in [-0.2, 0) is 4.74 Å². The van der Waals surface area contributed by atoms with Crippen molar-refractivity contribution in [1.82, 2.24) is 9.88 Å². The summed E-state index contributed by atoms with van der Waals surface area (Å²) >= 11 is 0. The van der Waals surface area contributed by atoms with Gasteiger partial charge in [-0.15, -0.1) is 0 Å². The van der Waals surface area contributed by atoms with Gasteiger partial charge in [-0.1, -0.05) is 0 Å². The van der Waals surface area contributed by atoms with Crippen LogP contribution in [0.1, 0.15) is 57.6 Å². The monoisotopic (exact) mass is 280 g/mol. The van der Waals surface area contributed by atoms with Crippen molar-refractivity contribution >= 4 is 6.09 Å². The molecule has 0 unspecified atom stereocenters. The van der Waals surface area contributed by atoms with Crippen LogP contribution in [0.25, 0.3) is 0 Å². The quantitative estimate of drug-likeness (QED) is 0.832. The number of amides is 1. The van der Waals surface area contributed by atoms with Crippen molar-refractivity contribution in [2.24, 2.45) is 0 Å². The van der Waals surface area contributed by atoms with Gasteiger partial charge in [0.05, 0.1) is 6.20 Å². The summed E-state index contributed by atoms with van der Waals surface area (Å²) in [5.41, 5.74) is -0.455. The van der Waals surface area contributed by atoms with Crippen LogP contribution >= 0.6 is 0 Å². The van der Waals surface area contributed by atoms with Crippen LogP contribution in [0.15, 0.2) is 10.6 Å². The van der Waals surface area contributed by atoms with Crippen LogP contribution in [0, 0.1) is 6.92 Å². The van der Waals surface area contributed by atoms with Crippen molar-refractivity contribution in [3.63, 3.8) is 0 Å². The van der Waals surface area contributed by atoms with Crippen LogP contribution < -0.4 is 0 Å². The van der Waals surface area contributed by atoms with Gasteiger partial charge in [-0.2, -0.15) is 0 Å². The van der Waals surface area contributed by atoms with E-state index in [-0.39, 0.29) is 12.1 Å². The number of hydrogen-bond acceptors (Lipinski definition) is 4.